The molecule has 20 heteroatoms. The molecule has 2 aromatic carbocycles. The average Bonchev–Trinajstić information content (AvgIpc) is 3.43. The number of sulfonamides is 1. The monoisotopic (exact) mass is 881 g/mol. The zero-order valence-electron chi connectivity index (χ0n) is 31.7. The van der Waals surface area contributed by atoms with Crippen LogP contribution in [0.5, 0.6) is 5.75 Å². The highest BCUT2D eigenvalue weighted by Gasteiger charge is 2.46. The number of nitrogens with two attached hydrogens (primary N) is 1. The lowest BCUT2D eigenvalue weighted by Crippen LogP contribution is -2.54. The van der Waals surface area contributed by atoms with Gasteiger partial charge in [0, 0.05) is 44.7 Å². The van der Waals surface area contributed by atoms with E-state index in [1.165, 1.54) is 10.4 Å². The Kier molecular flexibility index (Phi) is 13.4. The number of piperidine rings is 2. The van der Waals surface area contributed by atoms with Gasteiger partial charge in [-0.15, -0.1) is 0 Å². The molecule has 6 amide bonds. The van der Waals surface area contributed by atoms with E-state index in [-0.39, 0.29) is 80.1 Å². The number of ether oxygens (including phenoxy) is 1. The van der Waals surface area contributed by atoms with Crippen molar-refractivity contribution in [3.8, 4) is 5.75 Å². The Hall–Kier alpha value is -5.47. The summed E-state index contributed by atoms with van der Waals surface area (Å²) in [4.78, 5) is 84.4. The molecule has 4 heterocycles. The number of nitrogens with one attached hydrogen (secondary N) is 4. The number of aromatic nitrogens is 2. The maximum Gasteiger partial charge on any atom is 0.266 e. The molecule has 0 bridgehead atoms. The minimum absolute atomic E-state index is 0.0224. The molecule has 1 atom stereocenters. The Labute approximate surface area is 343 Å². The number of aryl methyl sites for hydroxylation is 1. The SMILES string of the molecule is Cc1cccc(Nc2nc(NC3CCN(S(=O)(=O)CCNC(=O)CCCCCOc4cccc5c4C(=O)N(C4CCC(=O)NC4=O)C5=O)CC3)ncc2Br)c1C(N)=O. The zero-order valence-corrected chi connectivity index (χ0v) is 34.1. The fourth-order valence-electron chi connectivity index (χ4n) is 7.10. The van der Waals surface area contributed by atoms with Gasteiger partial charge in [0.2, 0.25) is 33.7 Å². The third-order valence-electron chi connectivity index (χ3n) is 10.1. The highest BCUT2D eigenvalue weighted by Crippen LogP contribution is 2.34. The lowest BCUT2D eigenvalue weighted by molar-refractivity contribution is -0.136. The van der Waals surface area contributed by atoms with Crippen LogP contribution < -0.4 is 31.7 Å². The molecule has 1 aromatic heterocycles. The maximum atomic E-state index is 13.2. The van der Waals surface area contributed by atoms with Crippen LogP contribution in [0.1, 0.15) is 88.0 Å². The first-order chi connectivity index (χ1) is 27.7. The largest absolute Gasteiger partial charge is 0.493 e. The van der Waals surface area contributed by atoms with Gasteiger partial charge in [0.15, 0.2) is 0 Å². The number of rotatable bonds is 17. The van der Waals surface area contributed by atoms with Crippen LogP contribution in [0, 0.1) is 6.92 Å². The summed E-state index contributed by atoms with van der Waals surface area (Å²) < 4.78 is 34.0. The number of carbonyl (C=O) groups excluding carboxylic acids is 6. The highest BCUT2D eigenvalue weighted by atomic mass is 79.9. The second-order valence-electron chi connectivity index (χ2n) is 14.1. The molecule has 3 aromatic rings. The molecule has 3 aliphatic heterocycles. The minimum Gasteiger partial charge on any atom is -0.493 e. The van der Waals surface area contributed by atoms with E-state index in [2.05, 4.69) is 47.2 Å². The topological polar surface area (TPSA) is 252 Å². The van der Waals surface area contributed by atoms with Gasteiger partial charge in [-0.3, -0.25) is 39.0 Å². The quantitative estimate of drug-likeness (QED) is 0.0968. The van der Waals surface area contributed by atoms with Crippen LogP contribution in [-0.4, -0.2) is 107 Å². The fraction of sp³-hybridized carbons (Fsp3) is 0.421. The molecule has 2 saturated heterocycles. The van der Waals surface area contributed by atoms with Gasteiger partial charge in [-0.25, -0.2) is 17.7 Å². The van der Waals surface area contributed by atoms with Crippen LogP contribution in [0.2, 0.25) is 0 Å². The van der Waals surface area contributed by atoms with Crippen molar-refractivity contribution < 1.29 is 41.9 Å². The molecule has 6 N–H and O–H groups in total. The molecule has 308 valence electrons. The molecule has 0 radical (unpaired) electrons. The summed E-state index contributed by atoms with van der Waals surface area (Å²) >= 11 is 3.44. The van der Waals surface area contributed by atoms with Crippen LogP contribution in [0.15, 0.2) is 47.1 Å². The predicted molar refractivity (Wildman–Crippen MR) is 215 cm³/mol. The van der Waals surface area contributed by atoms with Crippen LogP contribution >= 0.6 is 15.9 Å². The number of fused-ring (bicyclic) bond motifs is 1. The number of unbranched alkanes of at least 4 members (excludes halogenated alkanes) is 2. The van der Waals surface area contributed by atoms with Crippen molar-refractivity contribution in [1.29, 1.82) is 0 Å². The third kappa shape index (κ3) is 9.79. The molecule has 0 spiro atoms. The van der Waals surface area contributed by atoms with Crippen molar-refractivity contribution >= 4 is 78.8 Å². The minimum atomic E-state index is -3.61. The standard InChI is InChI=1S/C38H44BrN9O9S/c1-22-7-5-9-26(31(22)33(40)51)44-34-25(39)21-42-38(46-34)43-23-14-17-47(18-15-23)58(55,56)20-16-41-29(49)11-3-2-4-19-57-28-10-6-8-24-32(28)37(54)48(36(24)53)27-12-13-30(50)45-35(27)52/h5-10,21,23,27H,2-4,11-20H2,1H3,(H2,40,51)(H,41,49)(H,45,50,52)(H2,42,43,44,46). The molecule has 18 nitrogen and oxygen atoms in total. The normalized spacial score (nSPS) is 17.5. The van der Waals surface area contributed by atoms with Crippen molar-refractivity contribution in [2.24, 2.45) is 5.73 Å². The number of carbonyl (C=O) groups is 6. The molecule has 58 heavy (non-hydrogen) atoms. The van der Waals surface area contributed by atoms with Crippen molar-refractivity contribution in [3.05, 3.63) is 69.3 Å². The summed E-state index contributed by atoms with van der Waals surface area (Å²) in [5.74, 6) is -2.50. The Bertz CT molecular complexity index is 2230. The van der Waals surface area contributed by atoms with Crippen molar-refractivity contribution in [2.45, 2.75) is 70.4 Å². The number of imide groups is 2. The van der Waals surface area contributed by atoms with Crippen LogP contribution in [-0.2, 0) is 24.4 Å². The average molecular weight is 883 g/mol. The summed E-state index contributed by atoms with van der Waals surface area (Å²) in [7, 11) is -3.61. The van der Waals surface area contributed by atoms with Gasteiger partial charge < -0.3 is 26.4 Å². The van der Waals surface area contributed by atoms with Gasteiger partial charge >= 0.3 is 0 Å². The van der Waals surface area contributed by atoms with Gasteiger partial charge in [0.05, 0.1) is 39.2 Å². The summed E-state index contributed by atoms with van der Waals surface area (Å²) in [6.07, 6.45) is 4.57. The number of hydrogen-bond acceptors (Lipinski definition) is 13. The van der Waals surface area contributed by atoms with E-state index in [4.69, 9.17) is 10.5 Å². The molecule has 1 unspecified atom stereocenters. The van der Waals surface area contributed by atoms with Gasteiger partial charge in [-0.05, 0) is 85.1 Å². The zero-order chi connectivity index (χ0) is 41.6. The van der Waals surface area contributed by atoms with E-state index >= 15 is 0 Å². The second kappa shape index (κ2) is 18.4. The number of nitrogens with zero attached hydrogens (tertiary/aromatic N) is 4. The first-order valence-corrected chi connectivity index (χ1v) is 21.3. The smallest absolute Gasteiger partial charge is 0.266 e. The van der Waals surface area contributed by atoms with Gasteiger partial charge in [-0.2, -0.15) is 4.98 Å². The van der Waals surface area contributed by atoms with Crippen LogP contribution in [0.3, 0.4) is 0 Å². The summed E-state index contributed by atoms with van der Waals surface area (Å²) in [5.41, 5.74) is 7.38. The number of anilines is 3. The van der Waals surface area contributed by atoms with E-state index in [0.29, 0.717) is 59.6 Å². The maximum absolute atomic E-state index is 13.2. The first-order valence-electron chi connectivity index (χ1n) is 18.9. The molecule has 0 aliphatic carbocycles. The van der Waals surface area contributed by atoms with E-state index in [0.717, 1.165) is 10.5 Å². The number of primary amides is 1. The van der Waals surface area contributed by atoms with Crippen molar-refractivity contribution in [1.82, 2.24) is 29.8 Å². The van der Waals surface area contributed by atoms with Crippen LogP contribution in [0.25, 0.3) is 0 Å². The Morgan fingerprint density at radius 3 is 2.52 bits per heavy atom. The Balaban J connectivity index is 0.877. The summed E-state index contributed by atoms with van der Waals surface area (Å²) in [6.45, 7) is 2.56. The third-order valence-corrected chi connectivity index (χ3v) is 12.6. The molecular weight excluding hydrogens is 838 g/mol. The van der Waals surface area contributed by atoms with Crippen LogP contribution in [0.4, 0.5) is 17.5 Å². The molecule has 6 rings (SSSR count). The number of hydrogen-bond donors (Lipinski definition) is 5. The van der Waals surface area contributed by atoms with Crippen molar-refractivity contribution in [3.63, 3.8) is 0 Å². The highest BCUT2D eigenvalue weighted by molar-refractivity contribution is 9.10. The lowest BCUT2D eigenvalue weighted by Gasteiger charge is -2.31. The molecule has 3 aliphatic rings. The Morgan fingerprint density at radius 2 is 1.78 bits per heavy atom. The van der Waals surface area contributed by atoms with Gasteiger partial charge in [0.1, 0.15) is 17.6 Å². The first kappa shape index (κ1) is 42.1. The molecule has 2 fully saturated rings. The Morgan fingerprint density at radius 1 is 1.02 bits per heavy atom. The van der Waals surface area contributed by atoms with E-state index in [1.54, 1.807) is 43.5 Å². The van der Waals surface area contributed by atoms with E-state index in [1.807, 2.05) is 0 Å². The summed E-state index contributed by atoms with van der Waals surface area (Å²) in [5, 5.41) is 11.3. The number of amides is 6. The fourth-order valence-corrected chi connectivity index (χ4v) is 8.77. The van der Waals surface area contributed by atoms with Gasteiger partial charge in [0.25, 0.3) is 17.7 Å². The number of halogens is 1. The molecular formula is C38H44BrN9O9S. The number of benzene rings is 2. The van der Waals surface area contributed by atoms with E-state index in [9.17, 15) is 37.2 Å². The van der Waals surface area contributed by atoms with Crippen molar-refractivity contribution in [2.75, 3.05) is 42.6 Å². The predicted octanol–water partition coefficient (Wildman–Crippen LogP) is 2.75. The summed E-state index contributed by atoms with van der Waals surface area (Å²) in [6, 6.07) is 8.82. The van der Waals surface area contributed by atoms with E-state index < -0.39 is 45.6 Å². The lowest BCUT2D eigenvalue weighted by atomic mass is 10.0. The second-order valence-corrected chi connectivity index (χ2v) is 17.1. The van der Waals surface area contributed by atoms with Gasteiger partial charge in [-0.1, -0.05) is 18.2 Å². The molecule has 0 saturated carbocycles.